The van der Waals surface area contributed by atoms with Gasteiger partial charge in [-0.15, -0.1) is 0 Å². The average molecular weight is 454 g/mol. The van der Waals surface area contributed by atoms with Gasteiger partial charge in [-0.1, -0.05) is 30.3 Å². The maximum absolute atomic E-state index is 13.4. The van der Waals surface area contributed by atoms with Gasteiger partial charge in [-0.25, -0.2) is 8.42 Å². The molecule has 0 bridgehead atoms. The Balaban J connectivity index is 1.82. The fraction of sp³-hybridized carbons (Fsp3) is 0.381. The fourth-order valence-electron chi connectivity index (χ4n) is 4.42. The zero-order valence-corrected chi connectivity index (χ0v) is 17.2. The number of hydrogen-bond acceptors (Lipinski definition) is 4. The molecule has 1 aliphatic carbocycles. The molecule has 0 spiro atoms. The van der Waals surface area contributed by atoms with Gasteiger partial charge >= 0.3 is 12.1 Å². The zero-order chi connectivity index (χ0) is 22.4. The number of alkyl halides is 3. The lowest BCUT2D eigenvalue weighted by Crippen LogP contribution is -2.48. The molecule has 6 nitrogen and oxygen atoms in total. The molecule has 2 unspecified atom stereocenters. The van der Waals surface area contributed by atoms with Gasteiger partial charge in [-0.05, 0) is 40.8 Å². The van der Waals surface area contributed by atoms with Gasteiger partial charge in [0.05, 0.1) is 11.5 Å². The minimum absolute atomic E-state index is 0.0624. The topological polar surface area (TPSA) is 86.7 Å². The molecule has 2 N–H and O–H groups in total. The second-order valence-corrected chi connectivity index (χ2v) is 9.77. The van der Waals surface area contributed by atoms with Crippen molar-refractivity contribution in [2.45, 2.75) is 17.8 Å². The van der Waals surface area contributed by atoms with Crippen LogP contribution in [0.4, 0.5) is 13.2 Å². The number of aliphatic carboxylic acids is 1. The largest absolute Gasteiger partial charge is 0.481 e. The van der Waals surface area contributed by atoms with E-state index in [1.54, 1.807) is 18.2 Å². The molecular formula is C21H21F3N2O4S. The van der Waals surface area contributed by atoms with E-state index in [-0.39, 0.29) is 25.1 Å². The molecule has 1 fully saturated rings. The maximum Gasteiger partial charge on any atom is 0.416 e. The molecule has 31 heavy (non-hydrogen) atoms. The van der Waals surface area contributed by atoms with Crippen molar-refractivity contribution in [1.29, 1.82) is 0 Å². The standard InChI is InChI=1S/C21H21F3N2O4S/c22-21(23,24)14-4-1-3-13(11-14)15-5-2-6-16-17(15)12-18(20(27)28)19(16)31(29,30)26-9-7-25-8-10-26/h1-6,11,18-19,25H,7-10,12H2,(H,27,28). The number of rotatable bonds is 4. The summed E-state index contributed by atoms with van der Waals surface area (Å²) >= 11 is 0. The van der Waals surface area contributed by atoms with E-state index < -0.39 is 38.9 Å². The number of hydrogen-bond donors (Lipinski definition) is 2. The number of nitrogens with one attached hydrogen (secondary N) is 1. The van der Waals surface area contributed by atoms with Crippen LogP contribution < -0.4 is 5.32 Å². The van der Waals surface area contributed by atoms with Gasteiger partial charge in [-0.2, -0.15) is 17.5 Å². The number of carbonyl (C=O) groups is 1. The summed E-state index contributed by atoms with van der Waals surface area (Å²) in [5.74, 6) is -2.45. The molecule has 0 radical (unpaired) electrons. The normalized spacial score (nSPS) is 22.3. The first kappa shape index (κ1) is 21.8. The van der Waals surface area contributed by atoms with E-state index >= 15 is 0 Å². The molecule has 0 amide bonds. The van der Waals surface area contributed by atoms with Gasteiger partial charge in [0.2, 0.25) is 10.0 Å². The summed E-state index contributed by atoms with van der Waals surface area (Å²) < 4.78 is 67.6. The third kappa shape index (κ3) is 3.95. The van der Waals surface area contributed by atoms with E-state index in [0.29, 0.717) is 29.8 Å². The van der Waals surface area contributed by atoms with Crippen LogP contribution in [0.3, 0.4) is 0 Å². The first-order valence-electron chi connectivity index (χ1n) is 9.82. The molecule has 1 saturated heterocycles. The molecule has 2 aromatic carbocycles. The number of sulfonamides is 1. The van der Waals surface area contributed by atoms with Crippen molar-refractivity contribution in [3.05, 3.63) is 59.2 Å². The number of fused-ring (bicyclic) bond motifs is 1. The number of carboxylic acids is 1. The molecule has 1 heterocycles. The van der Waals surface area contributed by atoms with Crippen LogP contribution >= 0.6 is 0 Å². The minimum atomic E-state index is -4.52. The van der Waals surface area contributed by atoms with E-state index in [0.717, 1.165) is 12.1 Å². The Bertz CT molecular complexity index is 1110. The lowest BCUT2D eigenvalue weighted by atomic mass is 9.95. The Morgan fingerprint density at radius 1 is 1.10 bits per heavy atom. The first-order chi connectivity index (χ1) is 14.6. The predicted octanol–water partition coefficient (Wildman–Crippen LogP) is 2.91. The second kappa shape index (κ2) is 7.92. The summed E-state index contributed by atoms with van der Waals surface area (Å²) in [7, 11) is -3.97. The minimum Gasteiger partial charge on any atom is -0.481 e. The van der Waals surface area contributed by atoms with Crippen LogP contribution in [0.5, 0.6) is 0 Å². The first-order valence-corrected chi connectivity index (χ1v) is 11.3. The van der Waals surface area contributed by atoms with Crippen LogP contribution in [0.2, 0.25) is 0 Å². The van der Waals surface area contributed by atoms with Crippen LogP contribution in [0.15, 0.2) is 42.5 Å². The number of carboxylic acid groups (broad SMARTS) is 1. The van der Waals surface area contributed by atoms with Gasteiger partial charge in [0.1, 0.15) is 5.25 Å². The third-order valence-corrected chi connectivity index (χ3v) is 8.19. The van der Waals surface area contributed by atoms with Crippen LogP contribution in [-0.2, 0) is 27.4 Å². The molecular weight excluding hydrogens is 433 g/mol. The summed E-state index contributed by atoms with van der Waals surface area (Å²) in [6.07, 6.45) is -4.58. The molecule has 0 saturated carbocycles. The van der Waals surface area contributed by atoms with Gasteiger partial charge < -0.3 is 10.4 Å². The van der Waals surface area contributed by atoms with Crippen LogP contribution in [0.1, 0.15) is 21.9 Å². The molecule has 4 rings (SSSR count). The summed E-state index contributed by atoms with van der Waals surface area (Å²) in [6, 6.07) is 9.51. The summed E-state index contributed by atoms with van der Waals surface area (Å²) in [5, 5.41) is 11.6. The van der Waals surface area contributed by atoms with E-state index in [9.17, 15) is 31.5 Å². The Morgan fingerprint density at radius 2 is 1.77 bits per heavy atom. The highest BCUT2D eigenvalue weighted by atomic mass is 32.2. The van der Waals surface area contributed by atoms with E-state index in [1.165, 1.54) is 16.4 Å². The number of piperazine rings is 1. The molecule has 2 aromatic rings. The van der Waals surface area contributed by atoms with E-state index in [1.807, 2.05) is 0 Å². The average Bonchev–Trinajstić information content (AvgIpc) is 3.15. The number of halogens is 3. The van der Waals surface area contributed by atoms with Gasteiger partial charge in [-0.3, -0.25) is 4.79 Å². The van der Waals surface area contributed by atoms with E-state index in [4.69, 9.17) is 0 Å². The zero-order valence-electron chi connectivity index (χ0n) is 16.4. The third-order valence-electron chi connectivity index (χ3n) is 5.88. The molecule has 2 atom stereocenters. The lowest BCUT2D eigenvalue weighted by molar-refractivity contribution is -0.141. The van der Waals surface area contributed by atoms with Crippen molar-refractivity contribution in [1.82, 2.24) is 9.62 Å². The van der Waals surface area contributed by atoms with Crippen molar-refractivity contribution in [2.75, 3.05) is 26.2 Å². The monoisotopic (exact) mass is 454 g/mol. The van der Waals surface area contributed by atoms with Crippen LogP contribution in [0, 0.1) is 5.92 Å². The summed E-state index contributed by atoms with van der Waals surface area (Å²) in [5.41, 5.74) is 0.697. The maximum atomic E-state index is 13.4. The summed E-state index contributed by atoms with van der Waals surface area (Å²) in [4.78, 5) is 12.0. The van der Waals surface area contributed by atoms with Crippen molar-refractivity contribution < 1.29 is 31.5 Å². The Morgan fingerprint density at radius 3 is 2.42 bits per heavy atom. The van der Waals surface area contributed by atoms with Gasteiger partial charge in [0.15, 0.2) is 0 Å². The Kier molecular flexibility index (Phi) is 5.57. The smallest absolute Gasteiger partial charge is 0.416 e. The highest BCUT2D eigenvalue weighted by Crippen LogP contribution is 2.47. The molecule has 2 aliphatic rings. The van der Waals surface area contributed by atoms with Gasteiger partial charge in [0, 0.05) is 26.2 Å². The molecule has 166 valence electrons. The van der Waals surface area contributed by atoms with Gasteiger partial charge in [0.25, 0.3) is 0 Å². The van der Waals surface area contributed by atoms with Crippen molar-refractivity contribution in [3.8, 4) is 11.1 Å². The van der Waals surface area contributed by atoms with Crippen LogP contribution in [0.25, 0.3) is 11.1 Å². The van der Waals surface area contributed by atoms with E-state index in [2.05, 4.69) is 5.32 Å². The fourth-order valence-corrected chi connectivity index (χ4v) is 6.60. The molecule has 0 aromatic heterocycles. The number of benzene rings is 2. The predicted molar refractivity (Wildman–Crippen MR) is 108 cm³/mol. The van der Waals surface area contributed by atoms with Crippen LogP contribution in [-0.4, -0.2) is 50.0 Å². The second-order valence-electron chi connectivity index (χ2n) is 7.72. The van der Waals surface area contributed by atoms with Crippen molar-refractivity contribution >= 4 is 16.0 Å². The lowest BCUT2D eigenvalue weighted by Gasteiger charge is -2.31. The SMILES string of the molecule is O=C(O)C1Cc2c(-c3cccc(C(F)(F)F)c3)cccc2C1S(=O)(=O)N1CCNCC1. The molecule has 10 heteroatoms. The molecule has 1 aliphatic heterocycles. The number of nitrogens with zero attached hydrogens (tertiary/aromatic N) is 1. The highest BCUT2D eigenvalue weighted by Gasteiger charge is 2.48. The highest BCUT2D eigenvalue weighted by molar-refractivity contribution is 7.89. The Labute approximate surface area is 177 Å². The Hall–Kier alpha value is -2.43. The van der Waals surface area contributed by atoms with Crippen molar-refractivity contribution in [2.24, 2.45) is 5.92 Å². The quantitative estimate of drug-likeness (QED) is 0.742. The summed E-state index contributed by atoms with van der Waals surface area (Å²) in [6.45, 7) is 1.43. The van der Waals surface area contributed by atoms with Crippen molar-refractivity contribution in [3.63, 3.8) is 0 Å².